The van der Waals surface area contributed by atoms with Gasteiger partial charge < -0.3 is 10.6 Å². The highest BCUT2D eigenvalue weighted by Crippen LogP contribution is 2.23. The molecule has 2 rings (SSSR count). The normalized spacial score (nSPS) is 17.1. The Balaban J connectivity index is 1.91. The van der Waals surface area contributed by atoms with E-state index in [1.807, 2.05) is 11.9 Å². The first-order valence-corrected chi connectivity index (χ1v) is 5.70. The third-order valence-corrected chi connectivity index (χ3v) is 3.09. The fourth-order valence-corrected chi connectivity index (χ4v) is 1.96. The van der Waals surface area contributed by atoms with Crippen LogP contribution in [0.2, 0.25) is 0 Å². The van der Waals surface area contributed by atoms with E-state index >= 15 is 0 Å². The van der Waals surface area contributed by atoms with Crippen LogP contribution in [-0.4, -0.2) is 23.9 Å². The summed E-state index contributed by atoms with van der Waals surface area (Å²) in [5.41, 5.74) is 5.86. The zero-order chi connectivity index (χ0) is 9.97. The second kappa shape index (κ2) is 4.00. The molecule has 0 spiro atoms. The van der Waals surface area contributed by atoms with Crippen LogP contribution in [0.3, 0.4) is 0 Å². The van der Waals surface area contributed by atoms with Crippen molar-refractivity contribution < 1.29 is 0 Å². The van der Waals surface area contributed by atoms with E-state index in [-0.39, 0.29) is 0 Å². The molecule has 14 heavy (non-hydrogen) atoms. The van der Waals surface area contributed by atoms with Gasteiger partial charge in [0.15, 0.2) is 5.96 Å². The van der Waals surface area contributed by atoms with E-state index in [0.29, 0.717) is 12.0 Å². The molecule has 1 heterocycles. The molecule has 0 bridgehead atoms. The number of guanidine groups is 1. The van der Waals surface area contributed by atoms with Crippen molar-refractivity contribution in [1.82, 2.24) is 4.90 Å². The standard InChI is InChI=1S/C10H15N3S/c1-13(7-9-3-2-6-14-9)10(11)12-8-4-5-8/h2-3,6,8H,4-5,7H2,1H3,(H2,11,12). The first-order valence-electron chi connectivity index (χ1n) is 4.82. The molecule has 1 saturated carbocycles. The molecule has 4 heteroatoms. The third-order valence-electron chi connectivity index (χ3n) is 2.23. The molecule has 0 atom stereocenters. The molecule has 0 saturated heterocycles. The molecule has 0 amide bonds. The maximum absolute atomic E-state index is 5.86. The van der Waals surface area contributed by atoms with Gasteiger partial charge in [-0.1, -0.05) is 6.07 Å². The lowest BCUT2D eigenvalue weighted by Gasteiger charge is -2.16. The highest BCUT2D eigenvalue weighted by Gasteiger charge is 2.21. The minimum Gasteiger partial charge on any atom is -0.370 e. The highest BCUT2D eigenvalue weighted by molar-refractivity contribution is 7.09. The Labute approximate surface area is 88.3 Å². The molecule has 0 aromatic carbocycles. The minimum absolute atomic E-state index is 0.501. The van der Waals surface area contributed by atoms with Crippen molar-refractivity contribution in [2.45, 2.75) is 25.4 Å². The largest absolute Gasteiger partial charge is 0.370 e. The van der Waals surface area contributed by atoms with Crippen LogP contribution in [0.4, 0.5) is 0 Å². The Bertz CT molecular complexity index is 314. The number of nitrogens with zero attached hydrogens (tertiary/aromatic N) is 2. The van der Waals surface area contributed by atoms with E-state index in [9.17, 15) is 0 Å². The zero-order valence-corrected chi connectivity index (χ0v) is 9.13. The van der Waals surface area contributed by atoms with Crippen molar-refractivity contribution in [2.24, 2.45) is 10.7 Å². The minimum atomic E-state index is 0.501. The monoisotopic (exact) mass is 209 g/mol. The first-order chi connectivity index (χ1) is 6.75. The van der Waals surface area contributed by atoms with Gasteiger partial charge in [0.05, 0.1) is 12.6 Å². The molecule has 0 radical (unpaired) electrons. The Morgan fingerprint density at radius 2 is 2.50 bits per heavy atom. The number of rotatable bonds is 3. The summed E-state index contributed by atoms with van der Waals surface area (Å²) >= 11 is 1.75. The highest BCUT2D eigenvalue weighted by atomic mass is 32.1. The van der Waals surface area contributed by atoms with Crippen molar-refractivity contribution in [3.63, 3.8) is 0 Å². The van der Waals surface area contributed by atoms with Gasteiger partial charge in [-0.05, 0) is 24.3 Å². The topological polar surface area (TPSA) is 41.6 Å². The van der Waals surface area contributed by atoms with Crippen LogP contribution in [0.5, 0.6) is 0 Å². The van der Waals surface area contributed by atoms with Gasteiger partial charge in [-0.25, -0.2) is 4.99 Å². The predicted octanol–water partition coefficient (Wildman–Crippen LogP) is 1.66. The summed E-state index contributed by atoms with van der Waals surface area (Å²) in [4.78, 5) is 7.72. The molecule has 1 fully saturated rings. The van der Waals surface area contributed by atoms with Gasteiger partial charge in [-0.3, -0.25) is 0 Å². The van der Waals surface area contributed by atoms with Crippen LogP contribution < -0.4 is 5.73 Å². The second-order valence-corrected chi connectivity index (χ2v) is 4.69. The van der Waals surface area contributed by atoms with Gasteiger partial charge in [0.1, 0.15) is 0 Å². The molecule has 1 aliphatic carbocycles. The molecule has 1 aromatic heterocycles. The molecule has 0 unspecified atom stereocenters. The predicted molar refractivity (Wildman–Crippen MR) is 60.4 cm³/mol. The van der Waals surface area contributed by atoms with E-state index in [2.05, 4.69) is 22.5 Å². The molecular weight excluding hydrogens is 194 g/mol. The van der Waals surface area contributed by atoms with E-state index < -0.39 is 0 Å². The lowest BCUT2D eigenvalue weighted by atomic mass is 10.4. The SMILES string of the molecule is CN(Cc1cccs1)C(N)=NC1CC1. The van der Waals surface area contributed by atoms with Crippen LogP contribution in [0, 0.1) is 0 Å². The van der Waals surface area contributed by atoms with Crippen molar-refractivity contribution in [3.8, 4) is 0 Å². The third kappa shape index (κ3) is 2.48. The molecule has 1 aromatic rings. The van der Waals surface area contributed by atoms with E-state index in [1.54, 1.807) is 11.3 Å². The maximum atomic E-state index is 5.86. The molecule has 3 nitrogen and oxygen atoms in total. The summed E-state index contributed by atoms with van der Waals surface area (Å²) in [5.74, 6) is 0.668. The number of hydrogen-bond donors (Lipinski definition) is 1. The number of aliphatic imine (C=N–C) groups is 1. The van der Waals surface area contributed by atoms with Gasteiger partial charge >= 0.3 is 0 Å². The summed E-state index contributed by atoms with van der Waals surface area (Å²) in [6, 6.07) is 4.67. The molecule has 0 aliphatic heterocycles. The second-order valence-electron chi connectivity index (χ2n) is 3.65. The lowest BCUT2D eigenvalue weighted by molar-refractivity contribution is 0.497. The molecule has 2 N–H and O–H groups in total. The van der Waals surface area contributed by atoms with Crippen molar-refractivity contribution in [3.05, 3.63) is 22.4 Å². The average molecular weight is 209 g/mol. The smallest absolute Gasteiger partial charge is 0.191 e. The Morgan fingerprint density at radius 1 is 1.71 bits per heavy atom. The van der Waals surface area contributed by atoms with Crippen molar-refractivity contribution in [1.29, 1.82) is 0 Å². The van der Waals surface area contributed by atoms with Gasteiger partial charge in [-0.2, -0.15) is 0 Å². The fourth-order valence-electron chi connectivity index (χ4n) is 1.21. The Morgan fingerprint density at radius 3 is 3.07 bits per heavy atom. The van der Waals surface area contributed by atoms with Gasteiger partial charge in [0.25, 0.3) is 0 Å². The van der Waals surface area contributed by atoms with Crippen molar-refractivity contribution in [2.75, 3.05) is 7.05 Å². The fraction of sp³-hybridized carbons (Fsp3) is 0.500. The van der Waals surface area contributed by atoms with Crippen LogP contribution in [0.1, 0.15) is 17.7 Å². The molecule has 76 valence electrons. The number of nitrogens with two attached hydrogens (primary N) is 1. The summed E-state index contributed by atoms with van der Waals surface area (Å²) in [5, 5.41) is 2.08. The van der Waals surface area contributed by atoms with Gasteiger partial charge in [-0.15, -0.1) is 11.3 Å². The summed E-state index contributed by atoms with van der Waals surface area (Å²) < 4.78 is 0. The van der Waals surface area contributed by atoms with Crippen molar-refractivity contribution >= 4 is 17.3 Å². The van der Waals surface area contributed by atoms with Crippen LogP contribution in [0.25, 0.3) is 0 Å². The van der Waals surface area contributed by atoms with Gasteiger partial charge in [0.2, 0.25) is 0 Å². The summed E-state index contributed by atoms with van der Waals surface area (Å²) in [6.07, 6.45) is 2.40. The van der Waals surface area contributed by atoms with Crippen LogP contribution >= 0.6 is 11.3 Å². The first kappa shape index (κ1) is 9.52. The Hall–Kier alpha value is -1.03. The quantitative estimate of drug-likeness (QED) is 0.607. The van der Waals surface area contributed by atoms with E-state index in [1.165, 1.54) is 17.7 Å². The maximum Gasteiger partial charge on any atom is 0.191 e. The Kier molecular flexibility index (Phi) is 2.72. The van der Waals surface area contributed by atoms with E-state index in [0.717, 1.165) is 6.54 Å². The van der Waals surface area contributed by atoms with Crippen LogP contribution in [-0.2, 0) is 6.54 Å². The van der Waals surface area contributed by atoms with E-state index in [4.69, 9.17) is 5.73 Å². The lowest BCUT2D eigenvalue weighted by Crippen LogP contribution is -2.33. The summed E-state index contributed by atoms with van der Waals surface area (Å²) in [6.45, 7) is 0.861. The molecular formula is C10H15N3S. The summed E-state index contributed by atoms with van der Waals surface area (Å²) in [7, 11) is 1.99. The average Bonchev–Trinajstić information content (AvgIpc) is 2.81. The van der Waals surface area contributed by atoms with Crippen LogP contribution in [0.15, 0.2) is 22.5 Å². The molecule has 1 aliphatic rings. The number of hydrogen-bond acceptors (Lipinski definition) is 2. The van der Waals surface area contributed by atoms with Gasteiger partial charge in [0, 0.05) is 11.9 Å². The number of thiophene rings is 1. The zero-order valence-electron chi connectivity index (χ0n) is 8.31.